The lowest BCUT2D eigenvalue weighted by Gasteiger charge is -2.26. The van der Waals surface area contributed by atoms with Crippen LogP contribution in [0.5, 0.6) is 0 Å². The minimum atomic E-state index is -0.335. The van der Waals surface area contributed by atoms with Crippen molar-refractivity contribution in [2.45, 2.75) is 32.4 Å². The normalized spacial score (nSPS) is 16.9. The van der Waals surface area contributed by atoms with Crippen LogP contribution in [-0.4, -0.2) is 27.4 Å². The second-order valence-electron chi connectivity index (χ2n) is 9.26. The minimum Gasteiger partial charge on any atom is -0.459 e. The molecule has 0 radical (unpaired) electrons. The average Bonchev–Trinajstić information content (AvgIpc) is 3.50. The summed E-state index contributed by atoms with van der Waals surface area (Å²) in [5, 5.41) is 6.91. The number of rotatable bonds is 7. The van der Waals surface area contributed by atoms with E-state index < -0.39 is 0 Å². The van der Waals surface area contributed by atoms with E-state index in [1.807, 2.05) is 67.3 Å². The van der Waals surface area contributed by atoms with E-state index in [0.29, 0.717) is 27.7 Å². The zero-order chi connectivity index (χ0) is 26.8. The van der Waals surface area contributed by atoms with E-state index in [4.69, 9.17) is 16.6 Å². The van der Waals surface area contributed by atoms with Gasteiger partial charge in [-0.2, -0.15) is 0 Å². The lowest BCUT2D eigenvalue weighted by Crippen LogP contribution is -2.32. The maximum absolute atomic E-state index is 13.6. The van der Waals surface area contributed by atoms with Gasteiger partial charge in [-0.3, -0.25) is 9.78 Å². The Kier molecular flexibility index (Phi) is 7.58. The Morgan fingerprint density at radius 3 is 2.76 bits per heavy atom. The number of nitrogens with zero attached hydrogens (tertiary/aromatic N) is 2. The van der Waals surface area contributed by atoms with Crippen LogP contribution in [0.15, 0.2) is 81.8 Å². The van der Waals surface area contributed by atoms with Crippen molar-refractivity contribution in [1.82, 2.24) is 15.2 Å². The summed E-state index contributed by atoms with van der Waals surface area (Å²) >= 11 is 9.14. The van der Waals surface area contributed by atoms with Crippen LogP contribution >= 0.6 is 28.1 Å². The highest BCUT2D eigenvalue weighted by Crippen LogP contribution is 2.41. The molecular weight excluding hydrogens is 567 g/mol. The highest BCUT2D eigenvalue weighted by Gasteiger charge is 2.41. The quantitative estimate of drug-likeness (QED) is 0.228. The molecule has 194 valence electrons. The van der Waals surface area contributed by atoms with Crippen molar-refractivity contribution in [1.29, 1.82) is 0 Å². The molecule has 1 aliphatic heterocycles. The van der Waals surface area contributed by atoms with Gasteiger partial charge in [-0.15, -0.1) is 0 Å². The molecule has 0 aliphatic carbocycles. The largest absolute Gasteiger partial charge is 0.459 e. The molecule has 2 aromatic carbocycles. The zero-order valence-electron chi connectivity index (χ0n) is 20.9. The predicted molar refractivity (Wildman–Crippen MR) is 153 cm³/mol. The highest BCUT2D eigenvalue weighted by atomic mass is 79.9. The van der Waals surface area contributed by atoms with E-state index in [1.54, 1.807) is 12.3 Å². The molecule has 2 aromatic heterocycles. The second-order valence-corrected chi connectivity index (χ2v) is 10.5. The van der Waals surface area contributed by atoms with E-state index in [-0.39, 0.29) is 30.2 Å². The van der Waals surface area contributed by atoms with Gasteiger partial charge in [0, 0.05) is 34.9 Å². The van der Waals surface area contributed by atoms with E-state index in [2.05, 4.69) is 31.5 Å². The molecule has 1 amide bonds. The Balaban J connectivity index is 1.41. The number of hydrogen-bond donors (Lipinski definition) is 2. The van der Waals surface area contributed by atoms with Crippen LogP contribution in [0.3, 0.4) is 0 Å². The third-order valence-electron chi connectivity index (χ3n) is 6.56. The third-order valence-corrected chi connectivity index (χ3v) is 7.57. The van der Waals surface area contributed by atoms with Gasteiger partial charge in [-0.05, 0) is 102 Å². The number of thiocarbonyl (C=S) groups is 1. The molecule has 1 fully saturated rings. The number of pyridine rings is 1. The van der Waals surface area contributed by atoms with Crippen molar-refractivity contribution >= 4 is 44.9 Å². The number of furan rings is 1. The van der Waals surface area contributed by atoms with Crippen LogP contribution in [0.25, 0.3) is 11.3 Å². The standard InChI is InChI=1S/C29H26BrFN4O2S/c1-17-6-7-18(2)23(15-17)33-26(36)12-14-35-28(27(34-29(35)38)22-5-3-4-13-32-22)25-11-10-24(37-25)20-9-8-19(31)16-21(20)30/h3-11,13,15-16,27-28H,12,14H2,1-2H3,(H,33,36)(H,34,38)/t27-,28+/m1/s1. The Hall–Kier alpha value is -3.56. The summed E-state index contributed by atoms with van der Waals surface area (Å²) in [4.78, 5) is 19.4. The van der Waals surface area contributed by atoms with Crippen molar-refractivity contribution in [3.8, 4) is 11.3 Å². The SMILES string of the molecule is Cc1ccc(C)c(NC(=O)CCN2C(=S)N[C@H](c3ccccn3)[C@@H]2c2ccc(-c3ccc(F)cc3Br)o2)c1. The van der Waals surface area contributed by atoms with Crippen LogP contribution in [0.4, 0.5) is 10.1 Å². The molecule has 5 rings (SSSR count). The number of aromatic nitrogens is 1. The van der Waals surface area contributed by atoms with Crippen molar-refractivity contribution in [3.05, 3.63) is 106 Å². The number of aryl methyl sites for hydroxylation is 2. The molecule has 1 saturated heterocycles. The smallest absolute Gasteiger partial charge is 0.226 e. The molecule has 2 atom stereocenters. The monoisotopic (exact) mass is 592 g/mol. The van der Waals surface area contributed by atoms with Gasteiger partial charge in [-0.1, -0.05) is 18.2 Å². The van der Waals surface area contributed by atoms with Crippen molar-refractivity contribution in [2.75, 3.05) is 11.9 Å². The Morgan fingerprint density at radius 2 is 2.00 bits per heavy atom. The van der Waals surface area contributed by atoms with Gasteiger partial charge < -0.3 is 20.0 Å². The van der Waals surface area contributed by atoms with Crippen LogP contribution in [0.2, 0.25) is 0 Å². The van der Waals surface area contributed by atoms with Crippen LogP contribution in [0.1, 0.15) is 41.1 Å². The van der Waals surface area contributed by atoms with Crippen molar-refractivity contribution in [3.63, 3.8) is 0 Å². The first kappa shape index (κ1) is 26.1. The first-order valence-electron chi connectivity index (χ1n) is 12.2. The number of hydrogen-bond acceptors (Lipinski definition) is 4. The van der Waals surface area contributed by atoms with Crippen molar-refractivity contribution < 1.29 is 13.6 Å². The zero-order valence-corrected chi connectivity index (χ0v) is 23.3. The number of amides is 1. The number of benzene rings is 2. The topological polar surface area (TPSA) is 70.4 Å². The Morgan fingerprint density at radius 1 is 1.16 bits per heavy atom. The first-order chi connectivity index (χ1) is 18.3. The Labute approximate surface area is 234 Å². The third kappa shape index (κ3) is 5.49. The molecule has 0 spiro atoms. The number of carbonyl (C=O) groups is 1. The molecule has 0 unspecified atom stereocenters. The van der Waals surface area contributed by atoms with Crippen LogP contribution < -0.4 is 10.6 Å². The number of anilines is 1. The second kappa shape index (κ2) is 11.0. The summed E-state index contributed by atoms with van der Waals surface area (Å²) in [5.74, 6) is 0.821. The molecule has 0 bridgehead atoms. The summed E-state index contributed by atoms with van der Waals surface area (Å²) in [5.41, 5.74) is 4.43. The summed E-state index contributed by atoms with van der Waals surface area (Å²) < 4.78 is 20.6. The first-order valence-corrected chi connectivity index (χ1v) is 13.4. The van der Waals surface area contributed by atoms with Crippen LogP contribution in [0, 0.1) is 19.7 Å². The van der Waals surface area contributed by atoms with Crippen molar-refractivity contribution in [2.24, 2.45) is 0 Å². The van der Waals surface area contributed by atoms with E-state index in [0.717, 1.165) is 28.1 Å². The van der Waals surface area contributed by atoms with Gasteiger partial charge in [0.05, 0.1) is 11.7 Å². The highest BCUT2D eigenvalue weighted by molar-refractivity contribution is 9.10. The van der Waals surface area contributed by atoms with E-state index in [9.17, 15) is 9.18 Å². The van der Waals surface area contributed by atoms with Gasteiger partial charge in [-0.25, -0.2) is 4.39 Å². The van der Waals surface area contributed by atoms with Gasteiger partial charge in [0.2, 0.25) is 5.91 Å². The van der Waals surface area contributed by atoms with E-state index in [1.165, 1.54) is 12.1 Å². The number of carbonyl (C=O) groups excluding carboxylic acids is 1. The lowest BCUT2D eigenvalue weighted by molar-refractivity contribution is -0.116. The fourth-order valence-corrected chi connectivity index (χ4v) is 5.48. The summed E-state index contributed by atoms with van der Waals surface area (Å²) in [6, 6.07) is 19.3. The molecule has 1 aliphatic rings. The molecule has 6 nitrogen and oxygen atoms in total. The summed E-state index contributed by atoms with van der Waals surface area (Å²) in [7, 11) is 0. The molecule has 9 heteroatoms. The fraction of sp³-hybridized carbons (Fsp3) is 0.207. The molecule has 4 aromatic rings. The summed E-state index contributed by atoms with van der Waals surface area (Å²) in [6.07, 6.45) is 1.97. The maximum atomic E-state index is 13.6. The molecule has 3 heterocycles. The van der Waals surface area contributed by atoms with Gasteiger partial charge in [0.15, 0.2) is 5.11 Å². The fourth-order valence-electron chi connectivity index (χ4n) is 4.61. The van der Waals surface area contributed by atoms with E-state index >= 15 is 0 Å². The van der Waals surface area contributed by atoms with Gasteiger partial charge >= 0.3 is 0 Å². The predicted octanol–water partition coefficient (Wildman–Crippen LogP) is 6.86. The maximum Gasteiger partial charge on any atom is 0.226 e. The van der Waals surface area contributed by atoms with Gasteiger partial charge in [0.1, 0.15) is 23.4 Å². The number of halogens is 2. The minimum absolute atomic E-state index is 0.100. The molecule has 38 heavy (non-hydrogen) atoms. The molecular formula is C29H26BrFN4O2S. The van der Waals surface area contributed by atoms with Crippen LogP contribution in [-0.2, 0) is 4.79 Å². The average molecular weight is 594 g/mol. The number of nitrogens with one attached hydrogen (secondary N) is 2. The summed E-state index contributed by atoms with van der Waals surface area (Å²) in [6.45, 7) is 4.34. The van der Waals surface area contributed by atoms with Gasteiger partial charge in [0.25, 0.3) is 0 Å². The molecule has 2 N–H and O–H groups in total. The Bertz CT molecular complexity index is 1490. The lowest BCUT2D eigenvalue weighted by atomic mass is 10.0. The molecule has 0 saturated carbocycles.